The molecular weight excluding hydrogens is 464 g/mol. The molecule has 186 valence electrons. The third kappa shape index (κ3) is 5.85. The summed E-state index contributed by atoms with van der Waals surface area (Å²) >= 11 is 6.22. The van der Waals surface area contributed by atoms with Crippen molar-refractivity contribution in [3.8, 4) is 0 Å². The number of carbonyl (C=O) groups excluding carboxylic acids is 3. The van der Waals surface area contributed by atoms with Crippen LogP contribution in [0.3, 0.4) is 0 Å². The number of primary amides is 1. The third-order valence-corrected chi connectivity index (χ3v) is 7.67. The van der Waals surface area contributed by atoms with Gasteiger partial charge in [0.1, 0.15) is 6.04 Å². The number of hydrogen-bond donors (Lipinski definition) is 2. The summed E-state index contributed by atoms with van der Waals surface area (Å²) in [5.74, 6) is -0.931. The van der Waals surface area contributed by atoms with Crippen LogP contribution in [0.4, 0.5) is 0 Å². The third-order valence-electron chi connectivity index (χ3n) is 7.26. The van der Waals surface area contributed by atoms with E-state index < -0.39 is 11.9 Å². The van der Waals surface area contributed by atoms with Crippen LogP contribution in [0.1, 0.15) is 53.2 Å². The summed E-state index contributed by atoms with van der Waals surface area (Å²) in [6.07, 6.45) is 3.74. The van der Waals surface area contributed by atoms with Crippen LogP contribution in [0.2, 0.25) is 5.02 Å². The maximum atomic E-state index is 13.3. The van der Waals surface area contributed by atoms with Gasteiger partial charge in [0.05, 0.1) is 5.92 Å². The number of nitrogens with two attached hydrogens (primary N) is 1. The molecule has 35 heavy (non-hydrogen) atoms. The summed E-state index contributed by atoms with van der Waals surface area (Å²) in [5.41, 5.74) is 7.85. The van der Waals surface area contributed by atoms with Gasteiger partial charge in [-0.3, -0.25) is 19.3 Å². The molecule has 2 aliphatic rings. The Labute approximate surface area is 211 Å². The number of nitrogens with zero attached hydrogens (tertiary/aromatic N) is 2. The minimum atomic E-state index is -0.845. The lowest BCUT2D eigenvalue weighted by Gasteiger charge is -2.44. The Kier molecular flexibility index (Phi) is 8.08. The fourth-order valence-electron chi connectivity index (χ4n) is 5.23. The molecule has 1 aliphatic carbocycles. The maximum absolute atomic E-state index is 13.3. The molecule has 1 saturated carbocycles. The predicted molar refractivity (Wildman–Crippen MR) is 136 cm³/mol. The first-order valence-electron chi connectivity index (χ1n) is 12.3. The van der Waals surface area contributed by atoms with E-state index in [4.69, 9.17) is 17.3 Å². The van der Waals surface area contributed by atoms with Crippen molar-refractivity contribution in [3.63, 3.8) is 0 Å². The second kappa shape index (κ2) is 11.2. The number of hydrogen-bond acceptors (Lipinski definition) is 4. The van der Waals surface area contributed by atoms with Gasteiger partial charge in [0, 0.05) is 42.8 Å². The van der Waals surface area contributed by atoms with Gasteiger partial charge in [-0.05, 0) is 43.0 Å². The van der Waals surface area contributed by atoms with Crippen molar-refractivity contribution in [1.29, 1.82) is 0 Å². The fraction of sp³-hybridized carbons (Fsp3) is 0.444. The van der Waals surface area contributed by atoms with Crippen LogP contribution >= 0.6 is 11.6 Å². The van der Waals surface area contributed by atoms with Gasteiger partial charge in [0.25, 0.3) is 5.91 Å². The molecule has 1 saturated heterocycles. The summed E-state index contributed by atoms with van der Waals surface area (Å²) in [5, 5.41) is 3.51. The molecule has 2 fully saturated rings. The number of benzene rings is 2. The molecule has 1 aliphatic heterocycles. The van der Waals surface area contributed by atoms with E-state index in [2.05, 4.69) is 10.2 Å². The van der Waals surface area contributed by atoms with Gasteiger partial charge in [0.15, 0.2) is 0 Å². The topological polar surface area (TPSA) is 95.7 Å². The monoisotopic (exact) mass is 496 g/mol. The largest absolute Gasteiger partial charge is 0.368 e. The SMILES string of the molecule is Cc1ccc(C(=O)N2CCN([C@@H]3CCCC[C@H]3C(=O)N[C@H](C(N)=O)c3ccccc3)CC2)cc1Cl. The summed E-state index contributed by atoms with van der Waals surface area (Å²) in [4.78, 5) is 42.6. The predicted octanol–water partition coefficient (Wildman–Crippen LogP) is 3.31. The first-order chi connectivity index (χ1) is 16.8. The summed E-state index contributed by atoms with van der Waals surface area (Å²) in [6.45, 7) is 4.53. The number of halogens is 1. The average molecular weight is 497 g/mol. The van der Waals surface area contributed by atoms with E-state index in [0.29, 0.717) is 42.3 Å². The van der Waals surface area contributed by atoms with Gasteiger partial charge in [-0.25, -0.2) is 0 Å². The Hall–Kier alpha value is -2.90. The zero-order valence-corrected chi connectivity index (χ0v) is 20.8. The molecule has 0 aromatic heterocycles. The summed E-state index contributed by atoms with van der Waals surface area (Å²) in [7, 11) is 0. The summed E-state index contributed by atoms with van der Waals surface area (Å²) in [6, 6.07) is 13.8. The van der Waals surface area contributed by atoms with Crippen LogP contribution in [-0.4, -0.2) is 59.7 Å². The standard InChI is InChI=1S/C27H33ClN4O3/c1-18-11-12-20(17-22(18)28)27(35)32-15-13-31(14-16-32)23-10-6-5-9-21(23)26(34)30-24(25(29)33)19-7-3-2-4-8-19/h2-4,7-8,11-12,17,21,23-24H,5-6,9-10,13-16H2,1H3,(H2,29,33)(H,30,34)/t21-,23-,24+/m1/s1. The van der Waals surface area contributed by atoms with Crippen LogP contribution in [0.15, 0.2) is 48.5 Å². The van der Waals surface area contributed by atoms with Crippen molar-refractivity contribution >= 4 is 29.3 Å². The van der Waals surface area contributed by atoms with Gasteiger partial charge >= 0.3 is 0 Å². The Morgan fingerprint density at radius 3 is 2.34 bits per heavy atom. The lowest BCUT2D eigenvalue weighted by Crippen LogP contribution is -2.56. The molecule has 1 heterocycles. The van der Waals surface area contributed by atoms with Gasteiger partial charge < -0.3 is 16.0 Å². The molecule has 0 bridgehead atoms. The highest BCUT2D eigenvalue weighted by Crippen LogP contribution is 2.30. The van der Waals surface area contributed by atoms with Crippen LogP contribution in [-0.2, 0) is 9.59 Å². The van der Waals surface area contributed by atoms with Crippen LogP contribution in [0, 0.1) is 12.8 Å². The van der Waals surface area contributed by atoms with Gasteiger partial charge in [-0.2, -0.15) is 0 Å². The van der Waals surface area contributed by atoms with Crippen molar-refractivity contribution in [3.05, 3.63) is 70.2 Å². The molecule has 8 heteroatoms. The van der Waals surface area contributed by atoms with E-state index in [1.807, 2.05) is 42.2 Å². The number of carbonyl (C=O) groups is 3. The highest BCUT2D eigenvalue weighted by Gasteiger charge is 2.38. The number of nitrogens with one attached hydrogen (secondary N) is 1. The van der Waals surface area contributed by atoms with Crippen LogP contribution < -0.4 is 11.1 Å². The van der Waals surface area contributed by atoms with Crippen LogP contribution in [0.5, 0.6) is 0 Å². The molecule has 0 spiro atoms. The molecule has 2 aromatic carbocycles. The highest BCUT2D eigenvalue weighted by molar-refractivity contribution is 6.31. The zero-order chi connectivity index (χ0) is 24.9. The first-order valence-corrected chi connectivity index (χ1v) is 12.7. The van der Waals surface area contributed by atoms with Gasteiger partial charge in [0.2, 0.25) is 11.8 Å². The first kappa shape index (κ1) is 25.2. The molecule has 7 nitrogen and oxygen atoms in total. The molecular formula is C27H33ClN4O3. The Morgan fingerprint density at radius 2 is 1.69 bits per heavy atom. The van der Waals surface area contributed by atoms with Gasteiger partial charge in [-0.15, -0.1) is 0 Å². The Morgan fingerprint density at radius 1 is 1.00 bits per heavy atom. The lowest BCUT2D eigenvalue weighted by molar-refractivity contribution is -0.133. The van der Waals surface area contributed by atoms with E-state index in [1.54, 1.807) is 18.2 Å². The average Bonchev–Trinajstić information content (AvgIpc) is 2.88. The normalized spacial score (nSPS) is 21.8. The van der Waals surface area contributed by atoms with E-state index in [1.165, 1.54) is 0 Å². The number of aryl methyl sites for hydroxylation is 1. The molecule has 3 atom stereocenters. The van der Waals surface area contributed by atoms with Crippen molar-refractivity contribution in [2.75, 3.05) is 26.2 Å². The van der Waals surface area contributed by atoms with Crippen LogP contribution in [0.25, 0.3) is 0 Å². The fourth-order valence-corrected chi connectivity index (χ4v) is 5.41. The number of amides is 3. The zero-order valence-electron chi connectivity index (χ0n) is 20.1. The lowest BCUT2D eigenvalue weighted by atomic mass is 9.82. The maximum Gasteiger partial charge on any atom is 0.253 e. The van der Waals surface area contributed by atoms with Crippen molar-refractivity contribution in [2.45, 2.75) is 44.7 Å². The molecule has 0 unspecified atom stereocenters. The Balaban J connectivity index is 1.40. The van der Waals surface area contributed by atoms with Crippen molar-refractivity contribution in [2.24, 2.45) is 11.7 Å². The van der Waals surface area contributed by atoms with E-state index in [9.17, 15) is 14.4 Å². The highest BCUT2D eigenvalue weighted by atomic mass is 35.5. The smallest absolute Gasteiger partial charge is 0.253 e. The molecule has 0 radical (unpaired) electrons. The number of rotatable bonds is 6. The Bertz CT molecular complexity index is 1070. The quantitative estimate of drug-likeness (QED) is 0.641. The molecule has 3 N–H and O–H groups in total. The van der Waals surface area contributed by atoms with Crippen molar-refractivity contribution < 1.29 is 14.4 Å². The van der Waals surface area contributed by atoms with Crippen molar-refractivity contribution in [1.82, 2.24) is 15.1 Å². The van der Waals surface area contributed by atoms with E-state index in [0.717, 1.165) is 31.2 Å². The minimum Gasteiger partial charge on any atom is -0.368 e. The van der Waals surface area contributed by atoms with E-state index in [-0.39, 0.29) is 23.8 Å². The molecule has 3 amide bonds. The number of piperazine rings is 1. The van der Waals surface area contributed by atoms with Gasteiger partial charge in [-0.1, -0.05) is 60.8 Å². The van der Waals surface area contributed by atoms with E-state index >= 15 is 0 Å². The second-order valence-corrected chi connectivity index (χ2v) is 9.91. The second-order valence-electron chi connectivity index (χ2n) is 9.51. The molecule has 2 aromatic rings. The minimum absolute atomic E-state index is 0.0170. The summed E-state index contributed by atoms with van der Waals surface area (Å²) < 4.78 is 0. The molecule has 4 rings (SSSR count).